The molecule has 57 heavy (non-hydrogen) atoms. The molecule has 0 bridgehead atoms. The van der Waals surface area contributed by atoms with Crippen LogP contribution in [-0.4, -0.2) is 0 Å². The van der Waals surface area contributed by atoms with E-state index >= 15 is 0 Å². The van der Waals surface area contributed by atoms with Crippen molar-refractivity contribution in [2.75, 3.05) is 0 Å². The van der Waals surface area contributed by atoms with Gasteiger partial charge in [0.2, 0.25) is 0 Å². The summed E-state index contributed by atoms with van der Waals surface area (Å²) in [4.78, 5) is 0. The molecule has 0 atom stereocenters. The molecule has 0 heteroatoms. The Bertz CT molecular complexity index is 3430. The highest BCUT2D eigenvalue weighted by molar-refractivity contribution is 6.25. The minimum atomic E-state index is -0.153. The van der Waals surface area contributed by atoms with Gasteiger partial charge in [-0.2, -0.15) is 0 Å². The van der Waals surface area contributed by atoms with Gasteiger partial charge in [0.05, 0.1) is 0 Å². The predicted molar refractivity (Wildman–Crippen MR) is 245 cm³/mol. The minimum Gasteiger partial charge on any atom is -0.0616 e. The molecule has 0 fully saturated rings. The summed E-state index contributed by atoms with van der Waals surface area (Å²) in [6.45, 7) is 4.84. The number of rotatable bonds is 3. The number of fused-ring (bicyclic) bond motifs is 13. The first-order chi connectivity index (χ1) is 28.1. The van der Waals surface area contributed by atoms with E-state index in [0.29, 0.717) is 0 Å². The van der Waals surface area contributed by atoms with E-state index in [-0.39, 0.29) is 5.41 Å². The average molecular weight is 723 g/mol. The molecule has 0 N–H and O–H groups in total. The average Bonchev–Trinajstić information content (AvgIpc) is 3.52. The molecule has 1 aliphatic carbocycles. The zero-order valence-electron chi connectivity index (χ0n) is 32.0. The SMILES string of the molecule is CC1(C)c2ccc3ccccc3c2-c2c1c1ccc(-c3c4ccccc4c(-c4cccc(-c5cccc6ccccc56)c4)c4ccccc34)cc1c1ccccc21. The highest BCUT2D eigenvalue weighted by Gasteiger charge is 2.39. The van der Waals surface area contributed by atoms with Crippen molar-refractivity contribution in [3.05, 3.63) is 205 Å². The Labute approximate surface area is 332 Å². The summed E-state index contributed by atoms with van der Waals surface area (Å²) >= 11 is 0. The summed E-state index contributed by atoms with van der Waals surface area (Å²) in [7, 11) is 0. The molecule has 0 saturated carbocycles. The fourth-order valence-corrected chi connectivity index (χ4v) is 10.5. The first-order valence-corrected chi connectivity index (χ1v) is 20.1. The van der Waals surface area contributed by atoms with Gasteiger partial charge in [0.1, 0.15) is 0 Å². The number of benzene rings is 11. The normalized spacial score (nSPS) is 13.2. The van der Waals surface area contributed by atoms with Gasteiger partial charge in [0.25, 0.3) is 0 Å². The quantitative estimate of drug-likeness (QED) is 0.126. The third-order valence-corrected chi connectivity index (χ3v) is 13.0. The van der Waals surface area contributed by atoms with Crippen LogP contribution >= 0.6 is 0 Å². The van der Waals surface area contributed by atoms with Gasteiger partial charge < -0.3 is 0 Å². The van der Waals surface area contributed by atoms with Gasteiger partial charge in [-0.25, -0.2) is 0 Å². The Morgan fingerprint density at radius 1 is 0.281 bits per heavy atom. The lowest BCUT2D eigenvalue weighted by molar-refractivity contribution is 0.667. The van der Waals surface area contributed by atoms with Gasteiger partial charge in [0, 0.05) is 5.41 Å². The maximum Gasteiger partial charge on any atom is 0.0165 e. The highest BCUT2D eigenvalue weighted by atomic mass is 14.4. The predicted octanol–water partition coefficient (Wildman–Crippen LogP) is 15.9. The van der Waals surface area contributed by atoms with Crippen LogP contribution in [0.4, 0.5) is 0 Å². The molecular formula is C57H38. The van der Waals surface area contributed by atoms with Crippen LogP contribution in [0.2, 0.25) is 0 Å². The summed E-state index contributed by atoms with van der Waals surface area (Å²) in [6, 6.07) is 72.5. The lowest BCUT2D eigenvalue weighted by Crippen LogP contribution is -2.15. The molecule has 12 rings (SSSR count). The van der Waals surface area contributed by atoms with E-state index in [0.717, 1.165) is 0 Å². The Morgan fingerprint density at radius 2 is 0.772 bits per heavy atom. The summed E-state index contributed by atoms with van der Waals surface area (Å²) in [6.07, 6.45) is 0. The molecule has 0 saturated heterocycles. The molecule has 11 aromatic rings. The highest BCUT2D eigenvalue weighted by Crippen LogP contribution is 2.57. The molecule has 0 nitrogen and oxygen atoms in total. The molecule has 11 aromatic carbocycles. The molecular weight excluding hydrogens is 685 g/mol. The monoisotopic (exact) mass is 722 g/mol. The van der Waals surface area contributed by atoms with E-state index in [1.807, 2.05) is 0 Å². The fourth-order valence-electron chi connectivity index (χ4n) is 10.5. The van der Waals surface area contributed by atoms with Crippen molar-refractivity contribution in [1.82, 2.24) is 0 Å². The van der Waals surface area contributed by atoms with Crippen molar-refractivity contribution in [2.45, 2.75) is 19.3 Å². The van der Waals surface area contributed by atoms with Gasteiger partial charge >= 0.3 is 0 Å². The Hall–Kier alpha value is -7.02. The minimum absolute atomic E-state index is 0.153. The van der Waals surface area contributed by atoms with Crippen LogP contribution in [0.15, 0.2) is 194 Å². The van der Waals surface area contributed by atoms with Gasteiger partial charge in [-0.1, -0.05) is 196 Å². The topological polar surface area (TPSA) is 0 Å². The summed E-state index contributed by atoms with van der Waals surface area (Å²) in [5.41, 5.74) is 13.0. The molecule has 0 unspecified atom stereocenters. The van der Waals surface area contributed by atoms with Crippen molar-refractivity contribution in [3.63, 3.8) is 0 Å². The maximum atomic E-state index is 2.49. The molecule has 0 aliphatic heterocycles. The first-order valence-electron chi connectivity index (χ1n) is 20.1. The summed E-state index contributed by atoms with van der Waals surface area (Å²) in [5.74, 6) is 0. The molecule has 0 heterocycles. The van der Waals surface area contributed by atoms with Crippen molar-refractivity contribution >= 4 is 64.6 Å². The van der Waals surface area contributed by atoms with E-state index < -0.39 is 0 Å². The third-order valence-electron chi connectivity index (χ3n) is 13.0. The zero-order chi connectivity index (χ0) is 37.8. The fraction of sp³-hybridized carbons (Fsp3) is 0.0526. The lowest BCUT2D eigenvalue weighted by atomic mass is 9.78. The van der Waals surface area contributed by atoms with Crippen LogP contribution in [0.5, 0.6) is 0 Å². The van der Waals surface area contributed by atoms with Crippen molar-refractivity contribution < 1.29 is 0 Å². The lowest BCUT2D eigenvalue weighted by Gasteiger charge is -2.24. The van der Waals surface area contributed by atoms with Crippen LogP contribution in [0.25, 0.3) is 109 Å². The van der Waals surface area contributed by atoms with Crippen LogP contribution in [0.3, 0.4) is 0 Å². The van der Waals surface area contributed by atoms with Gasteiger partial charge in [0.15, 0.2) is 0 Å². The molecule has 1 aliphatic rings. The smallest absolute Gasteiger partial charge is 0.0165 e. The molecule has 266 valence electrons. The van der Waals surface area contributed by atoms with Crippen molar-refractivity contribution in [2.24, 2.45) is 0 Å². The first kappa shape index (κ1) is 32.2. The van der Waals surface area contributed by atoms with Gasteiger partial charge in [-0.3, -0.25) is 0 Å². The largest absolute Gasteiger partial charge is 0.0616 e. The van der Waals surface area contributed by atoms with Gasteiger partial charge in [-0.05, 0) is 132 Å². The van der Waals surface area contributed by atoms with E-state index in [9.17, 15) is 0 Å². The van der Waals surface area contributed by atoms with Crippen molar-refractivity contribution in [3.8, 4) is 44.5 Å². The van der Waals surface area contributed by atoms with E-state index in [2.05, 4.69) is 208 Å². The molecule has 0 spiro atoms. The van der Waals surface area contributed by atoms with E-state index in [1.54, 1.807) is 0 Å². The van der Waals surface area contributed by atoms with E-state index in [4.69, 9.17) is 0 Å². The third kappa shape index (κ3) is 4.56. The second kappa shape index (κ2) is 12.0. The zero-order valence-corrected chi connectivity index (χ0v) is 32.0. The van der Waals surface area contributed by atoms with Crippen LogP contribution < -0.4 is 0 Å². The Balaban J connectivity index is 1.12. The second-order valence-electron chi connectivity index (χ2n) is 16.3. The summed E-state index contributed by atoms with van der Waals surface area (Å²) < 4.78 is 0. The Kier molecular flexibility index (Phi) is 6.78. The number of hydrogen-bond acceptors (Lipinski definition) is 0. The van der Waals surface area contributed by atoms with Crippen molar-refractivity contribution in [1.29, 1.82) is 0 Å². The maximum absolute atomic E-state index is 2.49. The molecule has 0 amide bonds. The number of hydrogen-bond donors (Lipinski definition) is 0. The molecule has 0 aromatic heterocycles. The Morgan fingerprint density at radius 3 is 1.44 bits per heavy atom. The van der Waals surface area contributed by atoms with E-state index in [1.165, 1.54) is 120 Å². The molecule has 0 radical (unpaired) electrons. The second-order valence-corrected chi connectivity index (χ2v) is 16.3. The van der Waals surface area contributed by atoms with Crippen LogP contribution in [0.1, 0.15) is 25.0 Å². The van der Waals surface area contributed by atoms with Crippen LogP contribution in [-0.2, 0) is 5.41 Å². The summed E-state index contributed by atoms with van der Waals surface area (Å²) in [5, 5.41) is 15.5. The van der Waals surface area contributed by atoms with Gasteiger partial charge in [-0.15, -0.1) is 0 Å². The van der Waals surface area contributed by atoms with Crippen LogP contribution in [0, 0.1) is 0 Å². The standard InChI is InChI=1S/C57H38/c1-57(2)51-32-30-36-16-4-6-21-42(36)54(51)55-44-23-8-7-22-43(44)50-34-39(29-31-49(50)56(55)57)53-47-26-11-9-24-45(47)52(46-25-10-12-27-48(46)53)38-19-13-18-37(33-38)41-28-14-17-35-15-3-5-20-40(35)41/h3-34H,1-2H3.